The lowest BCUT2D eigenvalue weighted by Crippen LogP contribution is -2.38. The Labute approximate surface area is 169 Å². The first-order chi connectivity index (χ1) is 13.9. The third kappa shape index (κ3) is 2.77. The molecule has 0 fully saturated rings. The molecule has 1 nitrogen and oxygen atoms in total. The highest BCUT2D eigenvalue weighted by Gasteiger charge is 2.50. The predicted molar refractivity (Wildman–Crippen MR) is 124 cm³/mol. The van der Waals surface area contributed by atoms with Crippen molar-refractivity contribution in [3.05, 3.63) is 115 Å². The van der Waals surface area contributed by atoms with Crippen LogP contribution in [0.5, 0.6) is 0 Å². The van der Waals surface area contributed by atoms with E-state index in [1.54, 1.807) is 0 Å². The summed E-state index contributed by atoms with van der Waals surface area (Å²) in [5.74, 6) is 0. The maximum Gasteiger partial charge on any atom is 0.254 e. The Morgan fingerprint density at radius 3 is 1.39 bits per heavy atom. The standard InChI is InChI=1S/C25H19NPS/c1-4-12-20(13-5-1)27(21-14-6-2-7-15-21,22-16-8-3-9-17-22)25-26-23-18-10-11-19-24(23)28-25/h1-19H/q+1. The second-order valence-corrected chi connectivity index (χ2v) is 11.3. The molecule has 0 saturated carbocycles. The minimum Gasteiger partial charge on any atom is -0.202 e. The van der Waals surface area contributed by atoms with Crippen molar-refractivity contribution in [1.82, 2.24) is 4.98 Å². The minimum atomic E-state index is -2.07. The molecule has 5 rings (SSSR count). The van der Waals surface area contributed by atoms with Crippen molar-refractivity contribution in [3.63, 3.8) is 0 Å². The summed E-state index contributed by atoms with van der Waals surface area (Å²) in [4.78, 5) is 5.18. The van der Waals surface area contributed by atoms with E-state index in [1.165, 1.54) is 25.4 Å². The van der Waals surface area contributed by atoms with Crippen LogP contribution < -0.4 is 20.7 Å². The molecule has 0 unspecified atom stereocenters. The Kier molecular flexibility index (Phi) is 4.52. The summed E-state index contributed by atoms with van der Waals surface area (Å²) in [6.45, 7) is 0. The molecule has 0 saturated heterocycles. The highest BCUT2D eigenvalue weighted by molar-refractivity contribution is 8.04. The van der Waals surface area contributed by atoms with Crippen molar-refractivity contribution in [2.45, 2.75) is 0 Å². The van der Waals surface area contributed by atoms with E-state index in [9.17, 15) is 0 Å². The van der Waals surface area contributed by atoms with E-state index in [-0.39, 0.29) is 0 Å². The van der Waals surface area contributed by atoms with Crippen LogP contribution in [0.3, 0.4) is 0 Å². The lowest BCUT2D eigenvalue weighted by molar-refractivity contribution is 1.55. The predicted octanol–water partition coefficient (Wildman–Crippen LogP) is 4.92. The summed E-state index contributed by atoms with van der Waals surface area (Å²) in [6, 6.07) is 41.2. The van der Waals surface area contributed by atoms with Crippen LogP contribution in [0.15, 0.2) is 115 Å². The Hall–Kier alpha value is -2.80. The van der Waals surface area contributed by atoms with Crippen LogP contribution >= 0.6 is 18.6 Å². The number of fused-ring (bicyclic) bond motifs is 1. The lowest BCUT2D eigenvalue weighted by atomic mass is 10.3. The van der Waals surface area contributed by atoms with Crippen molar-refractivity contribution in [2.24, 2.45) is 0 Å². The first-order valence-electron chi connectivity index (χ1n) is 9.31. The van der Waals surface area contributed by atoms with E-state index in [2.05, 4.69) is 115 Å². The SMILES string of the molecule is c1ccc([P+](c2ccccc2)(c2ccccc2)c2nc3ccccc3s2)cc1. The molecular formula is C25H19NPS+. The summed E-state index contributed by atoms with van der Waals surface area (Å²) >= 11 is 1.83. The smallest absolute Gasteiger partial charge is 0.202 e. The van der Waals surface area contributed by atoms with Gasteiger partial charge in [-0.3, -0.25) is 0 Å². The molecule has 0 bridgehead atoms. The van der Waals surface area contributed by atoms with Crippen molar-refractivity contribution in [2.75, 3.05) is 0 Å². The van der Waals surface area contributed by atoms with Gasteiger partial charge >= 0.3 is 0 Å². The summed E-state index contributed by atoms with van der Waals surface area (Å²) in [5, 5.41) is 4.02. The summed E-state index contributed by atoms with van der Waals surface area (Å²) in [6.07, 6.45) is 0. The zero-order valence-corrected chi connectivity index (χ0v) is 17.0. The normalized spacial score (nSPS) is 11.6. The van der Waals surface area contributed by atoms with Gasteiger partial charge in [-0.1, -0.05) is 78.1 Å². The van der Waals surface area contributed by atoms with Gasteiger partial charge < -0.3 is 0 Å². The number of rotatable bonds is 4. The van der Waals surface area contributed by atoms with Crippen LogP contribution in [0.25, 0.3) is 10.2 Å². The van der Waals surface area contributed by atoms with Gasteiger partial charge in [0.05, 0.1) is 10.2 Å². The van der Waals surface area contributed by atoms with Crippen LogP contribution in [0.2, 0.25) is 0 Å². The van der Waals surface area contributed by atoms with E-state index in [0.717, 1.165) is 5.52 Å². The molecule has 3 heteroatoms. The van der Waals surface area contributed by atoms with Crippen LogP contribution in [-0.2, 0) is 0 Å². The van der Waals surface area contributed by atoms with E-state index in [0.29, 0.717) is 0 Å². The quantitative estimate of drug-likeness (QED) is 0.393. The number of hydrogen-bond acceptors (Lipinski definition) is 2. The Bertz CT molecular complexity index is 1070. The van der Waals surface area contributed by atoms with Crippen LogP contribution in [-0.4, -0.2) is 4.98 Å². The zero-order chi connectivity index (χ0) is 18.8. The molecule has 1 heterocycles. The maximum absolute atomic E-state index is 5.18. The molecule has 0 atom stereocenters. The molecule has 0 aliphatic rings. The molecule has 0 N–H and O–H groups in total. The Balaban J connectivity index is 1.92. The molecule has 1 aromatic heterocycles. The molecule has 0 aliphatic carbocycles. The third-order valence-electron chi connectivity index (χ3n) is 5.00. The fraction of sp³-hybridized carbons (Fsp3) is 0. The van der Waals surface area contributed by atoms with Gasteiger partial charge in [0.2, 0.25) is 0 Å². The monoisotopic (exact) mass is 396 g/mol. The van der Waals surface area contributed by atoms with Gasteiger partial charge in [0.1, 0.15) is 15.9 Å². The van der Waals surface area contributed by atoms with E-state index < -0.39 is 7.26 Å². The van der Waals surface area contributed by atoms with E-state index in [1.807, 2.05) is 11.3 Å². The van der Waals surface area contributed by atoms with Gasteiger partial charge in [-0.05, 0) is 48.5 Å². The molecule has 134 valence electrons. The summed E-state index contributed by atoms with van der Waals surface area (Å²) < 4.78 is 2.45. The molecule has 0 aliphatic heterocycles. The highest BCUT2D eigenvalue weighted by Crippen LogP contribution is 2.55. The topological polar surface area (TPSA) is 12.9 Å². The number of thiazole rings is 1. The molecule has 28 heavy (non-hydrogen) atoms. The fourth-order valence-corrected chi connectivity index (χ4v) is 9.91. The molecule has 5 aromatic rings. The van der Waals surface area contributed by atoms with Gasteiger partial charge in [-0.25, -0.2) is 4.98 Å². The first kappa shape index (κ1) is 17.3. The van der Waals surface area contributed by atoms with Crippen LogP contribution in [0.4, 0.5) is 0 Å². The van der Waals surface area contributed by atoms with Crippen molar-refractivity contribution >= 4 is 49.5 Å². The zero-order valence-electron chi connectivity index (χ0n) is 15.3. The third-order valence-corrected chi connectivity index (χ3v) is 10.8. The lowest BCUT2D eigenvalue weighted by Gasteiger charge is -2.24. The van der Waals surface area contributed by atoms with Gasteiger partial charge in [0, 0.05) is 0 Å². The summed E-state index contributed by atoms with van der Waals surface area (Å²) in [5.41, 5.74) is 1.08. The summed E-state index contributed by atoms with van der Waals surface area (Å²) in [7, 11) is -2.07. The number of benzene rings is 4. The fourth-order valence-electron chi connectivity index (χ4n) is 3.74. The largest absolute Gasteiger partial charge is 0.254 e. The van der Waals surface area contributed by atoms with Crippen LogP contribution in [0, 0.1) is 0 Å². The minimum absolute atomic E-state index is 1.08. The molecule has 0 radical (unpaired) electrons. The van der Waals surface area contributed by atoms with Gasteiger partial charge in [0.25, 0.3) is 4.75 Å². The van der Waals surface area contributed by atoms with Gasteiger partial charge in [-0.15, -0.1) is 0 Å². The Morgan fingerprint density at radius 1 is 0.500 bits per heavy atom. The molecule has 0 amide bonds. The first-order valence-corrected chi connectivity index (χ1v) is 11.9. The average Bonchev–Trinajstić information content (AvgIpc) is 3.21. The van der Waals surface area contributed by atoms with E-state index >= 15 is 0 Å². The van der Waals surface area contributed by atoms with Gasteiger partial charge in [0.15, 0.2) is 7.26 Å². The molecule has 0 spiro atoms. The number of hydrogen-bond donors (Lipinski definition) is 0. The number of para-hydroxylation sites is 1. The maximum atomic E-state index is 5.18. The highest BCUT2D eigenvalue weighted by atomic mass is 32.1. The van der Waals surface area contributed by atoms with Crippen LogP contribution in [0.1, 0.15) is 0 Å². The second-order valence-electron chi connectivity index (χ2n) is 6.64. The van der Waals surface area contributed by atoms with Crippen molar-refractivity contribution in [3.8, 4) is 0 Å². The molecule has 4 aromatic carbocycles. The van der Waals surface area contributed by atoms with Gasteiger partial charge in [-0.2, -0.15) is 0 Å². The second kappa shape index (κ2) is 7.31. The Morgan fingerprint density at radius 2 is 0.929 bits per heavy atom. The number of nitrogens with zero attached hydrogens (tertiary/aromatic N) is 1. The number of aromatic nitrogens is 1. The molecular weight excluding hydrogens is 377 g/mol. The van der Waals surface area contributed by atoms with E-state index in [4.69, 9.17) is 4.98 Å². The van der Waals surface area contributed by atoms with Crippen molar-refractivity contribution < 1.29 is 0 Å². The van der Waals surface area contributed by atoms with Crippen molar-refractivity contribution in [1.29, 1.82) is 0 Å². The average molecular weight is 396 g/mol.